The number of carbonyl (C=O) groups is 1. The topological polar surface area (TPSA) is 73.8 Å². The first-order valence-corrected chi connectivity index (χ1v) is 9.70. The number of methoxy groups -OCH3 is 2. The third kappa shape index (κ3) is 2.98. The van der Waals surface area contributed by atoms with Gasteiger partial charge in [0.25, 0.3) is 5.91 Å². The van der Waals surface area contributed by atoms with Crippen molar-refractivity contribution in [1.29, 1.82) is 0 Å². The molecule has 1 aromatic heterocycles. The highest BCUT2D eigenvalue weighted by atomic mass is 16.5. The number of hydrogen-bond donors (Lipinski definition) is 0. The molecule has 0 N–H and O–H groups in total. The first-order chi connectivity index (χ1) is 14.6. The zero-order valence-electron chi connectivity index (χ0n) is 16.8. The summed E-state index contributed by atoms with van der Waals surface area (Å²) in [5.41, 5.74) is 2.82. The van der Waals surface area contributed by atoms with Gasteiger partial charge in [-0.05, 0) is 12.1 Å². The lowest BCUT2D eigenvalue weighted by molar-refractivity contribution is -0.126. The van der Waals surface area contributed by atoms with Gasteiger partial charge in [-0.15, -0.1) is 0 Å². The van der Waals surface area contributed by atoms with Crippen LogP contribution in [-0.4, -0.2) is 48.1 Å². The van der Waals surface area contributed by atoms with Gasteiger partial charge >= 0.3 is 0 Å². The number of amides is 1. The van der Waals surface area contributed by atoms with E-state index in [-0.39, 0.29) is 5.91 Å². The van der Waals surface area contributed by atoms with Crippen LogP contribution in [0.1, 0.15) is 21.6 Å². The van der Waals surface area contributed by atoms with Gasteiger partial charge in [0.05, 0.1) is 39.6 Å². The van der Waals surface area contributed by atoms with Gasteiger partial charge in [-0.3, -0.25) is 4.79 Å². The number of likely N-dealkylation sites (tertiary alicyclic amines) is 1. The van der Waals surface area contributed by atoms with Crippen LogP contribution < -0.4 is 9.47 Å². The number of benzene rings is 2. The molecule has 7 nitrogen and oxygen atoms in total. The van der Waals surface area contributed by atoms with Crippen LogP contribution in [0.4, 0.5) is 0 Å². The molecule has 2 aromatic carbocycles. The molecule has 0 bridgehead atoms. The third-order valence-electron chi connectivity index (χ3n) is 5.65. The number of fused-ring (bicyclic) bond motifs is 2. The van der Waals surface area contributed by atoms with Crippen LogP contribution in [0.3, 0.4) is 0 Å². The Labute approximate surface area is 174 Å². The van der Waals surface area contributed by atoms with Crippen molar-refractivity contribution in [2.24, 2.45) is 0 Å². The van der Waals surface area contributed by atoms with Gasteiger partial charge < -0.3 is 19.1 Å². The molecule has 0 unspecified atom stereocenters. The number of nitrogens with zero attached hydrogens (tertiary/aromatic N) is 3. The molecule has 3 aromatic rings. The second kappa shape index (κ2) is 7.11. The van der Waals surface area contributed by atoms with E-state index in [0.29, 0.717) is 42.6 Å². The quantitative estimate of drug-likeness (QED) is 0.667. The fourth-order valence-electron chi connectivity index (χ4n) is 4.01. The molecule has 5 rings (SSSR count). The number of rotatable bonds is 4. The van der Waals surface area contributed by atoms with E-state index >= 15 is 0 Å². The van der Waals surface area contributed by atoms with Crippen molar-refractivity contribution in [1.82, 2.24) is 14.9 Å². The smallest absolute Gasteiger partial charge is 0.254 e. The van der Waals surface area contributed by atoms with Crippen molar-refractivity contribution in [3.05, 3.63) is 71.5 Å². The summed E-state index contributed by atoms with van der Waals surface area (Å²) >= 11 is 0. The number of hydrogen-bond acceptors (Lipinski definition) is 6. The van der Waals surface area contributed by atoms with Crippen LogP contribution in [0, 0.1) is 0 Å². The van der Waals surface area contributed by atoms with E-state index in [1.54, 1.807) is 37.3 Å². The van der Waals surface area contributed by atoms with Crippen molar-refractivity contribution in [2.45, 2.75) is 12.2 Å². The van der Waals surface area contributed by atoms with Gasteiger partial charge in [0, 0.05) is 29.0 Å². The molecule has 0 saturated carbocycles. The highest BCUT2D eigenvalue weighted by molar-refractivity contribution is 5.96. The lowest BCUT2D eigenvalue weighted by atomic mass is 9.87. The Balaban J connectivity index is 1.36. The number of aromatic nitrogens is 2. The van der Waals surface area contributed by atoms with Gasteiger partial charge in [-0.25, -0.2) is 9.97 Å². The molecule has 0 atom stereocenters. The molecule has 1 saturated heterocycles. The van der Waals surface area contributed by atoms with Gasteiger partial charge in [0.1, 0.15) is 17.1 Å². The van der Waals surface area contributed by atoms with Crippen LogP contribution in [-0.2, 0) is 16.9 Å². The highest BCUT2D eigenvalue weighted by Crippen LogP contribution is 2.43. The van der Waals surface area contributed by atoms with Crippen molar-refractivity contribution in [3.63, 3.8) is 0 Å². The van der Waals surface area contributed by atoms with E-state index in [2.05, 4.69) is 4.98 Å². The minimum absolute atomic E-state index is 0.0864. The van der Waals surface area contributed by atoms with Crippen LogP contribution in [0.5, 0.6) is 11.5 Å². The molecule has 30 heavy (non-hydrogen) atoms. The molecule has 152 valence electrons. The molecule has 1 spiro atoms. The predicted octanol–water partition coefficient (Wildman–Crippen LogP) is 3.04. The molecule has 7 heteroatoms. The Hall–Kier alpha value is -3.45. The standard InChI is InChI=1S/C23H21N3O4/c1-28-17-8-16(9-18(10-17)29-2)22(27)26-13-23(14-26)19-11-24-21(25-20(19)12-30-23)15-6-4-3-5-7-15/h3-11H,12-14H2,1-2H3. The minimum atomic E-state index is -0.525. The summed E-state index contributed by atoms with van der Waals surface area (Å²) in [5, 5.41) is 0. The molecule has 1 amide bonds. The minimum Gasteiger partial charge on any atom is -0.497 e. The van der Waals surface area contributed by atoms with Crippen molar-refractivity contribution in [3.8, 4) is 22.9 Å². The second-order valence-electron chi connectivity index (χ2n) is 7.47. The lowest BCUT2D eigenvalue weighted by Crippen LogP contribution is -2.61. The van der Waals surface area contributed by atoms with E-state index in [1.165, 1.54) is 0 Å². The summed E-state index contributed by atoms with van der Waals surface area (Å²) in [6.45, 7) is 1.35. The normalized spacial score (nSPS) is 16.1. The van der Waals surface area contributed by atoms with Crippen LogP contribution in [0.2, 0.25) is 0 Å². The Morgan fingerprint density at radius 2 is 1.77 bits per heavy atom. The van der Waals surface area contributed by atoms with Crippen molar-refractivity contribution in [2.75, 3.05) is 27.3 Å². The van der Waals surface area contributed by atoms with Gasteiger partial charge in [-0.1, -0.05) is 30.3 Å². The van der Waals surface area contributed by atoms with Gasteiger partial charge in [-0.2, -0.15) is 0 Å². The first kappa shape index (κ1) is 18.6. The van der Waals surface area contributed by atoms with Crippen LogP contribution in [0.15, 0.2) is 54.7 Å². The van der Waals surface area contributed by atoms with Crippen molar-refractivity contribution >= 4 is 5.91 Å². The van der Waals surface area contributed by atoms with Gasteiger partial charge in [0.15, 0.2) is 5.82 Å². The molecule has 2 aliphatic rings. The zero-order chi connectivity index (χ0) is 20.7. The Bertz CT molecular complexity index is 1090. The first-order valence-electron chi connectivity index (χ1n) is 9.70. The van der Waals surface area contributed by atoms with Crippen LogP contribution >= 0.6 is 0 Å². The monoisotopic (exact) mass is 403 g/mol. The average Bonchev–Trinajstić information content (AvgIpc) is 3.17. The SMILES string of the molecule is COc1cc(OC)cc(C(=O)N2CC3(C2)OCc2nc(-c4ccccc4)ncc23)c1. The van der Waals surface area contributed by atoms with E-state index < -0.39 is 5.60 Å². The summed E-state index contributed by atoms with van der Waals surface area (Å²) in [6, 6.07) is 15.0. The molecule has 1 fully saturated rings. The third-order valence-corrected chi connectivity index (χ3v) is 5.65. The van der Waals surface area contributed by atoms with E-state index in [1.807, 2.05) is 36.5 Å². The summed E-state index contributed by atoms with van der Waals surface area (Å²) in [6.07, 6.45) is 1.84. The lowest BCUT2D eigenvalue weighted by Gasteiger charge is -2.47. The summed E-state index contributed by atoms with van der Waals surface area (Å²) in [7, 11) is 3.13. The van der Waals surface area contributed by atoms with Crippen LogP contribution in [0.25, 0.3) is 11.4 Å². The van der Waals surface area contributed by atoms with Crippen molar-refractivity contribution < 1.29 is 19.0 Å². The van der Waals surface area contributed by atoms with E-state index in [4.69, 9.17) is 19.2 Å². The molecule has 0 aliphatic carbocycles. The summed E-state index contributed by atoms with van der Waals surface area (Å²) in [5.74, 6) is 1.76. The molecule has 2 aliphatic heterocycles. The molecule has 3 heterocycles. The summed E-state index contributed by atoms with van der Waals surface area (Å²) < 4.78 is 16.6. The molecule has 0 radical (unpaired) electrons. The number of ether oxygens (including phenoxy) is 3. The maximum absolute atomic E-state index is 13.0. The number of carbonyl (C=O) groups excluding carboxylic acids is 1. The zero-order valence-corrected chi connectivity index (χ0v) is 16.8. The largest absolute Gasteiger partial charge is 0.497 e. The Kier molecular flexibility index (Phi) is 4.40. The Morgan fingerprint density at radius 3 is 2.43 bits per heavy atom. The van der Waals surface area contributed by atoms with E-state index in [0.717, 1.165) is 16.8 Å². The van der Waals surface area contributed by atoms with Gasteiger partial charge in [0.2, 0.25) is 0 Å². The summed E-state index contributed by atoms with van der Waals surface area (Å²) in [4.78, 5) is 24.0. The maximum atomic E-state index is 13.0. The second-order valence-corrected chi connectivity index (χ2v) is 7.47. The fourth-order valence-corrected chi connectivity index (χ4v) is 4.01. The fraction of sp³-hybridized carbons (Fsp3) is 0.261. The Morgan fingerprint density at radius 1 is 1.07 bits per heavy atom. The predicted molar refractivity (Wildman–Crippen MR) is 109 cm³/mol. The highest BCUT2D eigenvalue weighted by Gasteiger charge is 2.52. The maximum Gasteiger partial charge on any atom is 0.254 e. The average molecular weight is 403 g/mol. The molecular formula is C23H21N3O4. The molecular weight excluding hydrogens is 382 g/mol. The van der Waals surface area contributed by atoms with E-state index in [9.17, 15) is 4.79 Å².